The second-order valence-electron chi connectivity index (χ2n) is 7.01. The number of fused-ring (bicyclic) bond motifs is 1. The van der Waals surface area contributed by atoms with Crippen molar-refractivity contribution in [1.82, 2.24) is 21.0 Å². The van der Waals surface area contributed by atoms with Gasteiger partial charge in [0.2, 0.25) is 11.7 Å². The molecule has 5 heteroatoms. The highest BCUT2D eigenvalue weighted by molar-refractivity contribution is 5.83. The molecule has 5 nitrogen and oxygen atoms in total. The van der Waals surface area contributed by atoms with Gasteiger partial charge in [-0.3, -0.25) is 0 Å². The van der Waals surface area contributed by atoms with E-state index in [-0.39, 0.29) is 12.1 Å². The Labute approximate surface area is 157 Å². The molecule has 134 valence electrons. The quantitative estimate of drug-likeness (QED) is 0.567. The minimum Gasteiger partial charge on any atom is -0.337 e. The fourth-order valence-electron chi connectivity index (χ4n) is 3.67. The third kappa shape index (κ3) is 3.01. The van der Waals surface area contributed by atoms with Crippen LogP contribution in [0, 0.1) is 6.92 Å². The van der Waals surface area contributed by atoms with Gasteiger partial charge in [0.05, 0.1) is 0 Å². The predicted octanol–water partition coefficient (Wildman–Crippen LogP) is 4.48. The lowest BCUT2D eigenvalue weighted by Gasteiger charge is -2.10. The largest absolute Gasteiger partial charge is 0.337 e. The number of hydrogen-bond donors (Lipinski definition) is 2. The number of aromatic nitrogens is 2. The van der Waals surface area contributed by atoms with Crippen LogP contribution in [0.15, 0.2) is 71.3 Å². The van der Waals surface area contributed by atoms with Crippen molar-refractivity contribution < 1.29 is 4.52 Å². The van der Waals surface area contributed by atoms with Crippen LogP contribution in [0.4, 0.5) is 0 Å². The van der Waals surface area contributed by atoms with Gasteiger partial charge in [-0.2, -0.15) is 4.98 Å². The van der Waals surface area contributed by atoms with Gasteiger partial charge in [-0.25, -0.2) is 10.9 Å². The second-order valence-corrected chi connectivity index (χ2v) is 7.01. The lowest BCUT2D eigenvalue weighted by atomic mass is 9.99. The maximum Gasteiger partial charge on any atom is 0.245 e. The van der Waals surface area contributed by atoms with Crippen molar-refractivity contribution >= 4 is 10.8 Å². The average Bonchev–Trinajstić information content (AvgIpc) is 3.38. The molecule has 1 aromatic heterocycles. The molecule has 0 bridgehead atoms. The van der Waals surface area contributed by atoms with Crippen LogP contribution in [-0.2, 0) is 0 Å². The number of nitrogens with one attached hydrogen (secondary N) is 2. The average molecular weight is 356 g/mol. The van der Waals surface area contributed by atoms with Gasteiger partial charge in [0, 0.05) is 11.6 Å². The summed E-state index contributed by atoms with van der Waals surface area (Å²) < 4.78 is 5.55. The van der Waals surface area contributed by atoms with E-state index >= 15 is 0 Å². The van der Waals surface area contributed by atoms with E-state index < -0.39 is 0 Å². The molecule has 2 N–H and O–H groups in total. The van der Waals surface area contributed by atoms with Crippen molar-refractivity contribution in [3.05, 3.63) is 83.7 Å². The van der Waals surface area contributed by atoms with Gasteiger partial charge in [-0.15, -0.1) is 0 Å². The van der Waals surface area contributed by atoms with Crippen LogP contribution >= 0.6 is 0 Å². The molecule has 2 atom stereocenters. The SMILES string of the molecule is Cc1ccccc1-c1noc(C2CC(c3ccc4ccccc4c3)NN2)n1. The van der Waals surface area contributed by atoms with Gasteiger partial charge in [-0.05, 0) is 41.3 Å². The first-order valence-corrected chi connectivity index (χ1v) is 9.17. The fourth-order valence-corrected chi connectivity index (χ4v) is 3.67. The van der Waals surface area contributed by atoms with Gasteiger partial charge in [-0.1, -0.05) is 65.8 Å². The molecule has 3 aromatic carbocycles. The number of hydrogen-bond acceptors (Lipinski definition) is 5. The monoisotopic (exact) mass is 356 g/mol. The van der Waals surface area contributed by atoms with Crippen LogP contribution in [0.3, 0.4) is 0 Å². The Morgan fingerprint density at radius 2 is 1.67 bits per heavy atom. The highest BCUT2D eigenvalue weighted by Crippen LogP contribution is 2.32. The maximum atomic E-state index is 5.55. The first-order valence-electron chi connectivity index (χ1n) is 9.17. The van der Waals surface area contributed by atoms with E-state index in [1.807, 2.05) is 18.2 Å². The van der Waals surface area contributed by atoms with Crippen molar-refractivity contribution in [2.45, 2.75) is 25.4 Å². The van der Waals surface area contributed by atoms with Crippen LogP contribution in [-0.4, -0.2) is 10.1 Å². The minimum absolute atomic E-state index is 0.00765. The first-order chi connectivity index (χ1) is 13.3. The zero-order chi connectivity index (χ0) is 18.2. The summed E-state index contributed by atoms with van der Waals surface area (Å²) >= 11 is 0. The molecule has 27 heavy (non-hydrogen) atoms. The summed E-state index contributed by atoms with van der Waals surface area (Å²) in [5, 5.41) is 6.68. The molecule has 0 amide bonds. The predicted molar refractivity (Wildman–Crippen MR) is 105 cm³/mol. The Hall–Kier alpha value is -3.02. The smallest absolute Gasteiger partial charge is 0.245 e. The van der Waals surface area contributed by atoms with Crippen molar-refractivity contribution in [1.29, 1.82) is 0 Å². The summed E-state index contributed by atoms with van der Waals surface area (Å²) in [4.78, 5) is 4.62. The third-order valence-corrected chi connectivity index (χ3v) is 5.20. The summed E-state index contributed by atoms with van der Waals surface area (Å²) in [5.41, 5.74) is 10.1. The summed E-state index contributed by atoms with van der Waals surface area (Å²) in [5.74, 6) is 1.25. The van der Waals surface area contributed by atoms with E-state index in [0.29, 0.717) is 11.7 Å². The molecule has 0 saturated carbocycles. The van der Waals surface area contributed by atoms with Gasteiger partial charge < -0.3 is 4.52 Å². The second kappa shape index (κ2) is 6.61. The van der Waals surface area contributed by atoms with E-state index in [1.54, 1.807) is 0 Å². The Balaban J connectivity index is 1.37. The van der Waals surface area contributed by atoms with Crippen LogP contribution < -0.4 is 10.9 Å². The Morgan fingerprint density at radius 3 is 2.56 bits per heavy atom. The Morgan fingerprint density at radius 1 is 0.889 bits per heavy atom. The van der Waals surface area contributed by atoms with E-state index in [2.05, 4.69) is 76.4 Å². The summed E-state index contributed by atoms with van der Waals surface area (Å²) in [6, 6.07) is 23.3. The van der Waals surface area contributed by atoms with Crippen LogP contribution in [0.25, 0.3) is 22.2 Å². The Kier molecular flexibility index (Phi) is 3.96. The molecule has 0 aliphatic carbocycles. The minimum atomic E-state index is -0.00765. The molecule has 1 aliphatic rings. The molecular weight excluding hydrogens is 336 g/mol. The Bertz CT molecular complexity index is 1100. The topological polar surface area (TPSA) is 63.0 Å². The van der Waals surface area contributed by atoms with Gasteiger partial charge in [0.15, 0.2) is 0 Å². The maximum absolute atomic E-state index is 5.55. The van der Waals surface area contributed by atoms with Crippen LogP contribution in [0.1, 0.15) is 35.5 Å². The lowest BCUT2D eigenvalue weighted by Crippen LogP contribution is -2.26. The molecule has 0 spiro atoms. The highest BCUT2D eigenvalue weighted by atomic mass is 16.5. The van der Waals surface area contributed by atoms with Crippen molar-refractivity contribution in [2.75, 3.05) is 0 Å². The number of rotatable bonds is 3. The lowest BCUT2D eigenvalue weighted by molar-refractivity contribution is 0.340. The first kappa shape index (κ1) is 16.2. The van der Waals surface area contributed by atoms with Crippen molar-refractivity contribution in [3.8, 4) is 11.4 Å². The van der Waals surface area contributed by atoms with Crippen LogP contribution in [0.5, 0.6) is 0 Å². The zero-order valence-corrected chi connectivity index (χ0v) is 15.0. The molecule has 4 aromatic rings. The molecule has 1 saturated heterocycles. The van der Waals surface area contributed by atoms with E-state index in [0.717, 1.165) is 17.5 Å². The molecule has 5 rings (SSSR count). The molecule has 0 radical (unpaired) electrons. The van der Waals surface area contributed by atoms with E-state index in [1.165, 1.54) is 16.3 Å². The normalized spacial score (nSPS) is 19.6. The molecule has 1 aliphatic heterocycles. The molecule has 1 fully saturated rings. The number of aryl methyl sites for hydroxylation is 1. The van der Waals surface area contributed by atoms with Crippen LogP contribution in [0.2, 0.25) is 0 Å². The van der Waals surface area contributed by atoms with Gasteiger partial charge in [0.25, 0.3) is 0 Å². The summed E-state index contributed by atoms with van der Waals surface area (Å²) in [7, 11) is 0. The van der Waals surface area contributed by atoms with Crippen molar-refractivity contribution in [2.24, 2.45) is 0 Å². The number of benzene rings is 3. The molecular formula is C22H20N4O. The highest BCUT2D eigenvalue weighted by Gasteiger charge is 2.30. The third-order valence-electron chi connectivity index (χ3n) is 5.20. The van der Waals surface area contributed by atoms with Crippen molar-refractivity contribution in [3.63, 3.8) is 0 Å². The molecule has 2 unspecified atom stereocenters. The number of hydrazine groups is 1. The standard InChI is InChI=1S/C22H20N4O/c1-14-6-2-5-9-18(14)21-23-22(27-26-21)20-13-19(24-25-20)17-11-10-15-7-3-4-8-16(15)12-17/h2-12,19-20,24-25H,13H2,1H3. The summed E-state index contributed by atoms with van der Waals surface area (Å²) in [6.07, 6.45) is 0.855. The summed E-state index contributed by atoms with van der Waals surface area (Å²) in [6.45, 7) is 2.05. The van der Waals surface area contributed by atoms with E-state index in [4.69, 9.17) is 4.52 Å². The molecule has 2 heterocycles. The van der Waals surface area contributed by atoms with Gasteiger partial charge in [0.1, 0.15) is 6.04 Å². The zero-order valence-electron chi connectivity index (χ0n) is 15.0. The van der Waals surface area contributed by atoms with E-state index in [9.17, 15) is 0 Å². The number of nitrogens with zero attached hydrogens (tertiary/aromatic N) is 2. The van der Waals surface area contributed by atoms with Gasteiger partial charge >= 0.3 is 0 Å². The fraction of sp³-hybridized carbons (Fsp3) is 0.182.